The Labute approximate surface area is 126 Å². The van der Waals surface area contributed by atoms with Gasteiger partial charge in [0.25, 0.3) is 0 Å². The standard InChI is InChI=1S/C14H20BrNO2S/c1-16(10-11-5-6-12(15)19-11)14(9-13(17)18)7-3-2-4-8-14/h5-6H,2-4,7-10H2,1H3,(H,17,18). The first kappa shape index (κ1) is 15.0. The largest absolute Gasteiger partial charge is 0.481 e. The Morgan fingerprint density at radius 1 is 1.42 bits per heavy atom. The third-order valence-electron chi connectivity index (χ3n) is 4.10. The van der Waals surface area contributed by atoms with E-state index < -0.39 is 5.97 Å². The van der Waals surface area contributed by atoms with Crippen molar-refractivity contribution in [1.29, 1.82) is 0 Å². The molecule has 2 rings (SSSR count). The highest BCUT2D eigenvalue weighted by Crippen LogP contribution is 2.37. The van der Waals surface area contributed by atoms with Gasteiger partial charge in [-0.3, -0.25) is 9.69 Å². The summed E-state index contributed by atoms with van der Waals surface area (Å²) >= 11 is 5.20. The van der Waals surface area contributed by atoms with Crippen molar-refractivity contribution in [3.63, 3.8) is 0 Å². The zero-order valence-electron chi connectivity index (χ0n) is 11.2. The van der Waals surface area contributed by atoms with Crippen LogP contribution in [0.3, 0.4) is 0 Å². The minimum atomic E-state index is -0.680. The Balaban J connectivity index is 2.10. The average Bonchev–Trinajstić information content (AvgIpc) is 2.75. The summed E-state index contributed by atoms with van der Waals surface area (Å²) in [5.74, 6) is -0.680. The minimum absolute atomic E-state index is 0.152. The van der Waals surface area contributed by atoms with Crippen LogP contribution in [0.15, 0.2) is 15.9 Å². The molecule has 0 aliphatic heterocycles. The van der Waals surface area contributed by atoms with Crippen LogP contribution < -0.4 is 0 Å². The molecule has 1 heterocycles. The molecule has 1 aromatic heterocycles. The third-order valence-corrected chi connectivity index (χ3v) is 5.70. The molecule has 1 aromatic rings. The number of carboxylic acid groups (broad SMARTS) is 1. The van der Waals surface area contributed by atoms with E-state index in [1.54, 1.807) is 11.3 Å². The fourth-order valence-electron chi connectivity index (χ4n) is 3.02. The number of rotatable bonds is 5. The van der Waals surface area contributed by atoms with E-state index >= 15 is 0 Å². The quantitative estimate of drug-likeness (QED) is 0.872. The van der Waals surface area contributed by atoms with E-state index in [2.05, 4.69) is 40.0 Å². The molecule has 1 N–H and O–H groups in total. The number of aliphatic carboxylic acids is 1. The number of hydrogen-bond donors (Lipinski definition) is 1. The molecule has 0 saturated heterocycles. The lowest BCUT2D eigenvalue weighted by atomic mass is 9.78. The van der Waals surface area contributed by atoms with Crippen LogP contribution in [0.4, 0.5) is 0 Å². The molecule has 1 aliphatic carbocycles. The van der Waals surface area contributed by atoms with Gasteiger partial charge < -0.3 is 5.11 Å². The van der Waals surface area contributed by atoms with Crippen molar-refractivity contribution in [2.24, 2.45) is 0 Å². The zero-order chi connectivity index (χ0) is 13.9. The predicted molar refractivity (Wildman–Crippen MR) is 81.6 cm³/mol. The van der Waals surface area contributed by atoms with Crippen molar-refractivity contribution in [3.8, 4) is 0 Å². The molecule has 3 nitrogen and oxygen atoms in total. The van der Waals surface area contributed by atoms with Crippen molar-refractivity contribution in [2.45, 2.75) is 50.6 Å². The van der Waals surface area contributed by atoms with Crippen LogP contribution in [0.25, 0.3) is 0 Å². The van der Waals surface area contributed by atoms with Crippen molar-refractivity contribution in [3.05, 3.63) is 20.8 Å². The number of carboxylic acids is 1. The molecule has 1 fully saturated rings. The average molecular weight is 346 g/mol. The molecule has 0 unspecified atom stereocenters. The van der Waals surface area contributed by atoms with Crippen molar-refractivity contribution >= 4 is 33.2 Å². The number of nitrogens with zero attached hydrogens (tertiary/aromatic N) is 1. The highest BCUT2D eigenvalue weighted by atomic mass is 79.9. The van der Waals surface area contributed by atoms with Crippen LogP contribution in [0, 0.1) is 0 Å². The summed E-state index contributed by atoms with van der Waals surface area (Å²) in [7, 11) is 2.07. The number of halogens is 1. The van der Waals surface area contributed by atoms with E-state index in [9.17, 15) is 9.90 Å². The molecular formula is C14H20BrNO2S. The summed E-state index contributed by atoms with van der Waals surface area (Å²) in [4.78, 5) is 14.7. The molecule has 0 radical (unpaired) electrons. The van der Waals surface area contributed by atoms with Crippen molar-refractivity contribution in [1.82, 2.24) is 4.90 Å². The molecule has 0 aromatic carbocycles. The summed E-state index contributed by atoms with van der Waals surface area (Å²) in [5.41, 5.74) is -0.152. The zero-order valence-corrected chi connectivity index (χ0v) is 13.6. The Hall–Kier alpha value is -0.390. The van der Waals surface area contributed by atoms with Gasteiger partial charge in [0.05, 0.1) is 10.2 Å². The second-order valence-electron chi connectivity index (χ2n) is 5.42. The molecule has 1 saturated carbocycles. The molecule has 0 spiro atoms. The summed E-state index contributed by atoms with van der Waals surface area (Å²) in [6.45, 7) is 0.837. The molecule has 5 heteroatoms. The first-order chi connectivity index (χ1) is 9.02. The van der Waals surface area contributed by atoms with Crippen molar-refractivity contribution in [2.75, 3.05) is 7.05 Å². The first-order valence-corrected chi connectivity index (χ1v) is 8.30. The fourth-order valence-corrected chi connectivity index (χ4v) is 4.56. The van der Waals surface area contributed by atoms with Crippen molar-refractivity contribution < 1.29 is 9.90 Å². The molecule has 0 atom stereocenters. The Morgan fingerprint density at radius 3 is 2.63 bits per heavy atom. The van der Waals surface area contributed by atoms with E-state index in [4.69, 9.17) is 0 Å². The maximum Gasteiger partial charge on any atom is 0.305 e. The number of hydrogen-bond acceptors (Lipinski definition) is 3. The smallest absolute Gasteiger partial charge is 0.305 e. The van der Waals surface area contributed by atoms with Gasteiger partial charge in [0.2, 0.25) is 0 Å². The maximum atomic E-state index is 11.2. The van der Waals surface area contributed by atoms with Crippen LogP contribution in [0.5, 0.6) is 0 Å². The normalized spacial score (nSPS) is 18.7. The van der Waals surface area contributed by atoms with Gasteiger partial charge in [-0.1, -0.05) is 19.3 Å². The van der Waals surface area contributed by atoms with E-state index in [1.807, 2.05) is 0 Å². The maximum absolute atomic E-state index is 11.2. The first-order valence-electron chi connectivity index (χ1n) is 6.69. The van der Waals surface area contributed by atoms with E-state index in [0.717, 1.165) is 36.0 Å². The van der Waals surface area contributed by atoms with E-state index in [-0.39, 0.29) is 12.0 Å². The molecule has 0 amide bonds. The van der Waals surface area contributed by atoms with Gasteiger partial charge in [0.15, 0.2) is 0 Å². The van der Waals surface area contributed by atoms with Gasteiger partial charge in [-0.05, 0) is 48.0 Å². The topological polar surface area (TPSA) is 40.5 Å². The van der Waals surface area contributed by atoms with Gasteiger partial charge in [0, 0.05) is 17.0 Å². The molecule has 0 bridgehead atoms. The molecular weight excluding hydrogens is 326 g/mol. The lowest BCUT2D eigenvalue weighted by Gasteiger charge is -2.43. The highest BCUT2D eigenvalue weighted by molar-refractivity contribution is 9.11. The summed E-state index contributed by atoms with van der Waals surface area (Å²) in [6.07, 6.45) is 5.79. The Kier molecular flexibility index (Phi) is 5.03. The predicted octanol–water partition coefficient (Wildman–Crippen LogP) is 4.12. The summed E-state index contributed by atoms with van der Waals surface area (Å²) in [5, 5.41) is 9.22. The summed E-state index contributed by atoms with van der Waals surface area (Å²) < 4.78 is 1.13. The molecule has 1 aliphatic rings. The van der Waals surface area contributed by atoms with Crippen LogP contribution in [0.2, 0.25) is 0 Å². The fraction of sp³-hybridized carbons (Fsp3) is 0.643. The molecule has 106 valence electrons. The van der Waals surface area contributed by atoms with Crippen LogP contribution in [0.1, 0.15) is 43.4 Å². The highest BCUT2D eigenvalue weighted by Gasteiger charge is 2.38. The Bertz CT molecular complexity index is 440. The number of carbonyl (C=O) groups is 1. The van der Waals surface area contributed by atoms with E-state index in [0.29, 0.717) is 0 Å². The van der Waals surface area contributed by atoms with E-state index in [1.165, 1.54) is 11.3 Å². The molecule has 19 heavy (non-hydrogen) atoms. The van der Waals surface area contributed by atoms with Gasteiger partial charge in [-0.2, -0.15) is 0 Å². The Morgan fingerprint density at radius 2 is 2.11 bits per heavy atom. The summed E-state index contributed by atoms with van der Waals surface area (Å²) in [6, 6.07) is 4.17. The van der Waals surface area contributed by atoms with Gasteiger partial charge in [-0.25, -0.2) is 0 Å². The lowest BCUT2D eigenvalue weighted by molar-refractivity contribution is -0.141. The van der Waals surface area contributed by atoms with Gasteiger partial charge >= 0.3 is 5.97 Å². The third kappa shape index (κ3) is 3.80. The SMILES string of the molecule is CN(Cc1ccc(Br)s1)C1(CC(=O)O)CCCCC1. The van der Waals surface area contributed by atoms with Gasteiger partial charge in [0.1, 0.15) is 0 Å². The van der Waals surface area contributed by atoms with Crippen LogP contribution >= 0.6 is 27.3 Å². The monoisotopic (exact) mass is 345 g/mol. The van der Waals surface area contributed by atoms with Crippen LogP contribution in [-0.2, 0) is 11.3 Å². The van der Waals surface area contributed by atoms with Crippen LogP contribution in [-0.4, -0.2) is 28.6 Å². The number of thiophene rings is 1. The second-order valence-corrected chi connectivity index (χ2v) is 7.96. The minimum Gasteiger partial charge on any atom is -0.481 e. The second kappa shape index (κ2) is 6.37. The van der Waals surface area contributed by atoms with Gasteiger partial charge in [-0.15, -0.1) is 11.3 Å². The lowest BCUT2D eigenvalue weighted by Crippen LogP contribution is -2.48.